The van der Waals surface area contributed by atoms with Crippen molar-refractivity contribution in [3.8, 4) is 11.5 Å². The highest BCUT2D eigenvalue weighted by molar-refractivity contribution is 9.10. The average Bonchev–Trinajstić information content (AvgIpc) is 2.99. The minimum absolute atomic E-state index is 0.0696. The van der Waals surface area contributed by atoms with E-state index in [1.54, 1.807) is 0 Å². The Morgan fingerprint density at radius 3 is 2.74 bits per heavy atom. The summed E-state index contributed by atoms with van der Waals surface area (Å²) in [5, 5.41) is 2.70. The third-order valence-corrected chi connectivity index (χ3v) is 3.78. The Kier molecular flexibility index (Phi) is 4.52. The predicted octanol–water partition coefficient (Wildman–Crippen LogP) is 4.42. The van der Waals surface area contributed by atoms with Crippen LogP contribution >= 0.6 is 15.9 Å². The largest absolute Gasteiger partial charge is 0.444 e. The molecule has 0 fully saturated rings. The van der Waals surface area contributed by atoms with E-state index in [2.05, 4.69) is 26.2 Å². The lowest BCUT2D eigenvalue weighted by molar-refractivity contribution is -0.115. The number of benzene rings is 2. The topological polar surface area (TPSA) is 55.1 Å². The first-order chi connectivity index (χ1) is 11.1. The van der Waals surface area contributed by atoms with Crippen molar-refractivity contribution in [2.24, 2.45) is 0 Å². The van der Waals surface area contributed by atoms with Gasteiger partial charge in [-0.2, -0.15) is 0 Å². The molecule has 3 rings (SSSR count). The Balaban J connectivity index is 1.68. The van der Waals surface area contributed by atoms with Crippen LogP contribution in [-0.2, 0) is 11.2 Å². The van der Waals surface area contributed by atoms with E-state index in [1.165, 1.54) is 24.5 Å². The number of nitrogens with one attached hydrogen (secondary N) is 1. The fraction of sp³-hybridized carbons (Fsp3) is 0.0588. The van der Waals surface area contributed by atoms with E-state index in [9.17, 15) is 9.18 Å². The summed E-state index contributed by atoms with van der Waals surface area (Å²) in [5.74, 6) is -0.166. The van der Waals surface area contributed by atoms with Gasteiger partial charge >= 0.3 is 0 Å². The molecule has 1 N–H and O–H groups in total. The third-order valence-electron chi connectivity index (χ3n) is 3.12. The number of carbonyl (C=O) groups is 1. The number of oxazole rings is 1. The monoisotopic (exact) mass is 374 g/mol. The van der Waals surface area contributed by atoms with Gasteiger partial charge in [0.1, 0.15) is 12.1 Å². The van der Waals surface area contributed by atoms with Crippen LogP contribution in [0.25, 0.3) is 11.5 Å². The van der Waals surface area contributed by atoms with Gasteiger partial charge in [0, 0.05) is 10.0 Å². The zero-order valence-corrected chi connectivity index (χ0v) is 13.5. The molecule has 23 heavy (non-hydrogen) atoms. The molecule has 1 aromatic heterocycles. The first kappa shape index (κ1) is 15.4. The van der Waals surface area contributed by atoms with Crippen LogP contribution in [0, 0.1) is 5.82 Å². The molecular weight excluding hydrogens is 363 g/mol. The number of halogens is 2. The zero-order chi connectivity index (χ0) is 16.2. The van der Waals surface area contributed by atoms with E-state index >= 15 is 0 Å². The van der Waals surface area contributed by atoms with Crippen molar-refractivity contribution < 1.29 is 13.6 Å². The van der Waals surface area contributed by atoms with Crippen LogP contribution < -0.4 is 5.32 Å². The number of rotatable bonds is 4. The van der Waals surface area contributed by atoms with Gasteiger partial charge in [-0.15, -0.1) is 0 Å². The molecule has 0 radical (unpaired) electrons. The Morgan fingerprint density at radius 1 is 1.22 bits per heavy atom. The van der Waals surface area contributed by atoms with Crippen LogP contribution in [0.1, 0.15) is 5.69 Å². The maximum atomic E-state index is 13.0. The molecule has 0 saturated heterocycles. The lowest BCUT2D eigenvalue weighted by Crippen LogP contribution is -2.15. The summed E-state index contributed by atoms with van der Waals surface area (Å²) in [7, 11) is 0. The summed E-state index contributed by atoms with van der Waals surface area (Å²) in [6.45, 7) is 0. The Bertz CT molecular complexity index is 834. The highest BCUT2D eigenvalue weighted by atomic mass is 79.9. The third kappa shape index (κ3) is 3.84. The second-order valence-corrected chi connectivity index (χ2v) is 5.71. The van der Waals surface area contributed by atoms with E-state index in [4.69, 9.17) is 4.42 Å². The average molecular weight is 375 g/mol. The molecule has 116 valence electrons. The fourth-order valence-electron chi connectivity index (χ4n) is 2.05. The normalized spacial score (nSPS) is 10.5. The van der Waals surface area contributed by atoms with Crippen molar-refractivity contribution in [3.05, 3.63) is 70.8 Å². The van der Waals surface area contributed by atoms with Crippen molar-refractivity contribution in [2.45, 2.75) is 6.42 Å². The molecule has 0 atom stereocenters. The minimum atomic E-state index is -0.376. The highest BCUT2D eigenvalue weighted by Crippen LogP contribution is 2.23. The summed E-state index contributed by atoms with van der Waals surface area (Å²) in [4.78, 5) is 16.4. The van der Waals surface area contributed by atoms with Crippen molar-refractivity contribution in [2.75, 3.05) is 5.32 Å². The number of anilines is 1. The highest BCUT2D eigenvalue weighted by Gasteiger charge is 2.12. The molecule has 0 saturated carbocycles. The first-order valence-electron chi connectivity index (χ1n) is 6.86. The lowest BCUT2D eigenvalue weighted by atomic mass is 10.2. The second kappa shape index (κ2) is 6.75. The molecule has 0 spiro atoms. The van der Waals surface area contributed by atoms with Crippen LogP contribution in [0.4, 0.5) is 10.1 Å². The van der Waals surface area contributed by atoms with Gasteiger partial charge < -0.3 is 9.73 Å². The van der Waals surface area contributed by atoms with Crippen LogP contribution in [-0.4, -0.2) is 10.9 Å². The molecule has 0 bridgehead atoms. The Labute approximate surface area is 140 Å². The molecule has 2 aromatic carbocycles. The Morgan fingerprint density at radius 2 is 2.00 bits per heavy atom. The number of aromatic nitrogens is 1. The lowest BCUT2D eigenvalue weighted by Gasteiger charge is -2.06. The van der Waals surface area contributed by atoms with Crippen molar-refractivity contribution >= 4 is 27.5 Å². The van der Waals surface area contributed by atoms with Gasteiger partial charge in [0.15, 0.2) is 0 Å². The molecule has 4 nitrogen and oxygen atoms in total. The molecule has 1 heterocycles. The van der Waals surface area contributed by atoms with Gasteiger partial charge in [0.25, 0.3) is 0 Å². The van der Waals surface area contributed by atoms with Gasteiger partial charge in [-0.05, 0) is 46.3 Å². The van der Waals surface area contributed by atoms with Gasteiger partial charge in [-0.3, -0.25) is 4.79 Å². The molecule has 0 aliphatic carbocycles. The van der Waals surface area contributed by atoms with Gasteiger partial charge in [-0.25, -0.2) is 9.37 Å². The van der Waals surface area contributed by atoms with Crippen LogP contribution in [0.3, 0.4) is 0 Å². The summed E-state index contributed by atoms with van der Waals surface area (Å²) in [6, 6.07) is 13.5. The van der Waals surface area contributed by atoms with Crippen LogP contribution in [0.2, 0.25) is 0 Å². The summed E-state index contributed by atoms with van der Waals surface area (Å²) in [5.41, 5.74) is 1.88. The van der Waals surface area contributed by atoms with Crippen LogP contribution in [0.5, 0.6) is 0 Å². The summed E-state index contributed by atoms with van der Waals surface area (Å²) >= 11 is 3.21. The summed E-state index contributed by atoms with van der Waals surface area (Å²) in [6.07, 6.45) is 1.53. The zero-order valence-electron chi connectivity index (χ0n) is 11.9. The standard InChI is InChI=1S/C17H12BrFN2O2/c18-14-8-12(19)6-7-15(14)21-16(22)9-13-10-23-17(20-13)11-4-2-1-3-5-11/h1-8,10H,9H2,(H,21,22). The van der Waals surface area contributed by atoms with E-state index in [0.29, 0.717) is 21.7 Å². The number of carbonyl (C=O) groups excluding carboxylic acids is 1. The number of hydrogen-bond acceptors (Lipinski definition) is 3. The quantitative estimate of drug-likeness (QED) is 0.734. The maximum absolute atomic E-state index is 13.0. The predicted molar refractivity (Wildman–Crippen MR) is 88.4 cm³/mol. The Hall–Kier alpha value is -2.47. The SMILES string of the molecule is O=C(Cc1coc(-c2ccccc2)n1)Nc1ccc(F)cc1Br. The second-order valence-electron chi connectivity index (χ2n) is 4.86. The number of nitrogens with zero attached hydrogens (tertiary/aromatic N) is 1. The van der Waals surface area contributed by atoms with E-state index in [-0.39, 0.29) is 18.1 Å². The number of hydrogen-bond donors (Lipinski definition) is 1. The van der Waals surface area contributed by atoms with Gasteiger partial charge in [-0.1, -0.05) is 18.2 Å². The smallest absolute Gasteiger partial charge is 0.230 e. The maximum Gasteiger partial charge on any atom is 0.230 e. The molecule has 1 amide bonds. The van der Waals surface area contributed by atoms with Gasteiger partial charge in [0.2, 0.25) is 11.8 Å². The van der Waals surface area contributed by atoms with Crippen molar-refractivity contribution in [1.82, 2.24) is 4.98 Å². The van der Waals surface area contributed by atoms with Gasteiger partial charge in [0.05, 0.1) is 17.8 Å². The molecular formula is C17H12BrFN2O2. The molecule has 0 unspecified atom stereocenters. The van der Waals surface area contributed by atoms with Crippen LogP contribution in [0.15, 0.2) is 63.7 Å². The van der Waals surface area contributed by atoms with Crippen molar-refractivity contribution in [1.29, 1.82) is 0 Å². The molecule has 6 heteroatoms. The summed E-state index contributed by atoms with van der Waals surface area (Å²) < 4.78 is 18.9. The number of amides is 1. The first-order valence-corrected chi connectivity index (χ1v) is 7.66. The van der Waals surface area contributed by atoms with E-state index < -0.39 is 0 Å². The minimum Gasteiger partial charge on any atom is -0.444 e. The molecule has 0 aliphatic heterocycles. The fourth-order valence-corrected chi connectivity index (χ4v) is 2.50. The molecule has 3 aromatic rings. The van der Waals surface area contributed by atoms with Crippen molar-refractivity contribution in [3.63, 3.8) is 0 Å². The van der Waals surface area contributed by atoms with E-state index in [0.717, 1.165) is 5.56 Å². The van der Waals surface area contributed by atoms with E-state index in [1.807, 2.05) is 30.3 Å². The molecule has 0 aliphatic rings.